The SMILES string of the molecule is COC(=O)c1ccc2nc(Cc3cc(F)c(-c4cccc(OCc5ccc(C(F)(F)F)cc5C#N)n4)cc3F)n([C@@H]3COCC3(C)C)c2c1. The van der Waals surface area contributed by atoms with E-state index in [1.807, 2.05) is 18.4 Å². The minimum absolute atomic E-state index is 0.00777. The molecule has 1 fully saturated rings. The maximum atomic E-state index is 15.7. The number of aromatic nitrogens is 3. The topological polar surface area (TPSA) is 99.3 Å². The number of alkyl halides is 3. The summed E-state index contributed by atoms with van der Waals surface area (Å²) in [5, 5.41) is 9.35. The van der Waals surface area contributed by atoms with Gasteiger partial charge in [0.15, 0.2) is 0 Å². The number of carbonyl (C=O) groups is 1. The average molecular weight is 677 g/mol. The van der Waals surface area contributed by atoms with Gasteiger partial charge in [-0.25, -0.2) is 23.5 Å². The summed E-state index contributed by atoms with van der Waals surface area (Å²) in [4.78, 5) is 21.3. The van der Waals surface area contributed by atoms with E-state index in [2.05, 4.69) is 4.98 Å². The van der Waals surface area contributed by atoms with Crippen LogP contribution >= 0.6 is 0 Å². The molecular weight excluding hydrogens is 647 g/mol. The third-order valence-corrected chi connectivity index (χ3v) is 8.56. The van der Waals surface area contributed by atoms with Gasteiger partial charge in [-0.15, -0.1) is 0 Å². The molecule has 0 N–H and O–H groups in total. The molecule has 1 saturated heterocycles. The molecule has 1 aliphatic heterocycles. The number of carbonyl (C=O) groups excluding carboxylic acids is 1. The zero-order valence-electron chi connectivity index (χ0n) is 26.6. The molecule has 49 heavy (non-hydrogen) atoms. The molecule has 8 nitrogen and oxygen atoms in total. The first-order valence-corrected chi connectivity index (χ1v) is 15.1. The number of rotatable bonds is 8. The van der Waals surface area contributed by atoms with Crippen LogP contribution in [-0.4, -0.2) is 40.8 Å². The lowest BCUT2D eigenvalue weighted by Crippen LogP contribution is -2.27. The summed E-state index contributed by atoms with van der Waals surface area (Å²) in [5.41, 5.74) is 0.196. The maximum absolute atomic E-state index is 15.7. The molecule has 3 aromatic carbocycles. The molecule has 0 bridgehead atoms. The Bertz CT molecular complexity index is 2120. The Labute approximate surface area is 277 Å². The van der Waals surface area contributed by atoms with Crippen LogP contribution in [-0.2, 0) is 28.7 Å². The first kappa shape index (κ1) is 33.5. The van der Waals surface area contributed by atoms with Crippen molar-refractivity contribution in [3.05, 3.63) is 112 Å². The Kier molecular flexibility index (Phi) is 8.85. The van der Waals surface area contributed by atoms with Crippen LogP contribution in [0, 0.1) is 28.4 Å². The predicted molar refractivity (Wildman–Crippen MR) is 168 cm³/mol. The molecule has 0 spiro atoms. The Morgan fingerprint density at radius 3 is 2.53 bits per heavy atom. The van der Waals surface area contributed by atoms with E-state index in [1.165, 1.54) is 25.3 Å². The van der Waals surface area contributed by atoms with Crippen LogP contribution in [0.2, 0.25) is 0 Å². The molecular formula is C36H29F5N4O4. The molecule has 0 aliphatic carbocycles. The first-order chi connectivity index (χ1) is 23.3. The van der Waals surface area contributed by atoms with Gasteiger partial charge in [-0.05, 0) is 54.1 Å². The average Bonchev–Trinajstić information content (AvgIpc) is 3.61. The molecule has 3 heterocycles. The van der Waals surface area contributed by atoms with Crippen LogP contribution in [0.3, 0.4) is 0 Å². The second-order valence-electron chi connectivity index (χ2n) is 12.3. The van der Waals surface area contributed by atoms with Crippen LogP contribution in [0.15, 0.2) is 66.7 Å². The smallest absolute Gasteiger partial charge is 0.416 e. The molecule has 1 aliphatic rings. The van der Waals surface area contributed by atoms with Crippen molar-refractivity contribution in [2.24, 2.45) is 5.41 Å². The standard InChI is InChI=1S/C36H29F5N4O4/c1-35(2)19-48-18-31(35)45-30-13-20(34(46)47-3)8-10-29(30)43-32(45)14-22-12-27(38)25(15-26(22)37)28-5-4-6-33(44-28)49-17-21-7-9-24(36(39,40)41)11-23(21)16-42/h4-13,15,31H,14,17-19H2,1-3H3/t31-/m1/s1. The number of imidazole rings is 1. The zero-order valence-corrected chi connectivity index (χ0v) is 26.6. The van der Waals surface area contributed by atoms with E-state index in [9.17, 15) is 23.2 Å². The predicted octanol–water partition coefficient (Wildman–Crippen LogP) is 7.82. The number of hydrogen-bond acceptors (Lipinski definition) is 7. The van der Waals surface area contributed by atoms with Gasteiger partial charge in [0, 0.05) is 29.0 Å². The highest BCUT2D eigenvalue weighted by atomic mass is 19.4. The molecule has 6 rings (SSSR count). The largest absolute Gasteiger partial charge is 0.473 e. The Morgan fingerprint density at radius 1 is 1.04 bits per heavy atom. The molecule has 1 atom stereocenters. The van der Waals surface area contributed by atoms with Crippen molar-refractivity contribution in [1.82, 2.24) is 14.5 Å². The highest BCUT2D eigenvalue weighted by Crippen LogP contribution is 2.41. The lowest BCUT2D eigenvalue weighted by Gasteiger charge is -2.28. The third kappa shape index (κ3) is 6.69. The van der Waals surface area contributed by atoms with Gasteiger partial charge in [0.2, 0.25) is 5.88 Å². The number of ether oxygens (including phenoxy) is 3. The first-order valence-electron chi connectivity index (χ1n) is 15.1. The van der Waals surface area contributed by atoms with E-state index >= 15 is 8.78 Å². The number of fused-ring (bicyclic) bond motifs is 1. The number of benzene rings is 3. The van der Waals surface area contributed by atoms with Crippen molar-refractivity contribution in [2.45, 2.75) is 39.1 Å². The molecule has 0 saturated carbocycles. The fraction of sp³-hybridized carbons (Fsp3) is 0.278. The fourth-order valence-corrected chi connectivity index (χ4v) is 5.91. The molecule has 0 unspecified atom stereocenters. The number of nitriles is 1. The third-order valence-electron chi connectivity index (χ3n) is 8.56. The van der Waals surface area contributed by atoms with Gasteiger partial charge in [-0.2, -0.15) is 18.4 Å². The number of methoxy groups -OCH3 is 1. The highest BCUT2D eigenvalue weighted by molar-refractivity contribution is 5.93. The van der Waals surface area contributed by atoms with Crippen molar-refractivity contribution in [3.63, 3.8) is 0 Å². The van der Waals surface area contributed by atoms with Crippen molar-refractivity contribution in [3.8, 4) is 23.2 Å². The minimum atomic E-state index is -4.61. The summed E-state index contributed by atoms with van der Waals surface area (Å²) < 4.78 is 88.8. The summed E-state index contributed by atoms with van der Waals surface area (Å²) in [6, 6.07) is 15.8. The second kappa shape index (κ2) is 12.9. The van der Waals surface area contributed by atoms with Gasteiger partial charge < -0.3 is 18.8 Å². The molecule has 13 heteroatoms. The maximum Gasteiger partial charge on any atom is 0.416 e. The Balaban J connectivity index is 1.29. The van der Waals surface area contributed by atoms with E-state index in [4.69, 9.17) is 19.2 Å². The van der Waals surface area contributed by atoms with Crippen LogP contribution < -0.4 is 4.74 Å². The lowest BCUT2D eigenvalue weighted by atomic mass is 9.87. The Morgan fingerprint density at radius 2 is 1.84 bits per heavy atom. The van der Waals surface area contributed by atoms with Crippen molar-refractivity contribution in [1.29, 1.82) is 5.26 Å². The van der Waals surface area contributed by atoms with Gasteiger partial charge in [0.1, 0.15) is 24.1 Å². The number of hydrogen-bond donors (Lipinski definition) is 0. The summed E-state index contributed by atoms with van der Waals surface area (Å²) >= 11 is 0. The van der Waals surface area contributed by atoms with Gasteiger partial charge in [-0.1, -0.05) is 26.0 Å². The van der Waals surface area contributed by atoms with Gasteiger partial charge in [-0.3, -0.25) is 0 Å². The summed E-state index contributed by atoms with van der Waals surface area (Å²) in [7, 11) is 1.29. The Hall–Kier alpha value is -5.35. The zero-order chi connectivity index (χ0) is 35.1. The molecule has 5 aromatic rings. The highest BCUT2D eigenvalue weighted by Gasteiger charge is 2.39. The summed E-state index contributed by atoms with van der Waals surface area (Å²) in [5.74, 6) is -1.53. The fourth-order valence-electron chi connectivity index (χ4n) is 5.91. The van der Waals surface area contributed by atoms with Crippen LogP contribution in [0.25, 0.3) is 22.3 Å². The normalized spacial score (nSPS) is 15.7. The minimum Gasteiger partial charge on any atom is -0.473 e. The summed E-state index contributed by atoms with van der Waals surface area (Å²) in [6.07, 6.45) is -4.68. The monoisotopic (exact) mass is 676 g/mol. The van der Waals surface area contributed by atoms with Gasteiger partial charge in [0.05, 0.1) is 65.9 Å². The van der Waals surface area contributed by atoms with Crippen LogP contribution in [0.5, 0.6) is 5.88 Å². The van der Waals surface area contributed by atoms with E-state index in [0.29, 0.717) is 35.6 Å². The van der Waals surface area contributed by atoms with Gasteiger partial charge >= 0.3 is 12.1 Å². The van der Waals surface area contributed by atoms with E-state index < -0.39 is 29.3 Å². The quantitative estimate of drug-likeness (QED) is 0.122. The van der Waals surface area contributed by atoms with Crippen molar-refractivity contribution in [2.75, 3.05) is 20.3 Å². The van der Waals surface area contributed by atoms with E-state index in [-0.39, 0.29) is 58.3 Å². The molecule has 0 amide bonds. The van der Waals surface area contributed by atoms with Gasteiger partial charge in [0.25, 0.3) is 0 Å². The number of pyridine rings is 1. The van der Waals surface area contributed by atoms with E-state index in [0.717, 1.165) is 30.3 Å². The summed E-state index contributed by atoms with van der Waals surface area (Å²) in [6.45, 7) is 4.64. The molecule has 0 radical (unpaired) electrons. The number of esters is 1. The van der Waals surface area contributed by atoms with Crippen molar-refractivity contribution < 1.29 is 41.0 Å². The second-order valence-corrected chi connectivity index (χ2v) is 12.3. The molecule has 2 aromatic heterocycles. The van der Waals surface area contributed by atoms with Crippen molar-refractivity contribution >= 4 is 17.0 Å². The van der Waals surface area contributed by atoms with Crippen LogP contribution in [0.4, 0.5) is 22.0 Å². The number of halogens is 5. The number of nitrogens with zero attached hydrogens (tertiary/aromatic N) is 4. The lowest BCUT2D eigenvalue weighted by molar-refractivity contribution is -0.137. The van der Waals surface area contributed by atoms with E-state index in [1.54, 1.807) is 24.3 Å². The molecule has 252 valence electrons. The van der Waals surface area contributed by atoms with Crippen LogP contribution in [0.1, 0.15) is 58.3 Å².